The average molecular weight is 557 g/mol. The number of nitrogens with zero attached hydrogens (tertiary/aromatic N) is 4. The molecule has 0 saturated carbocycles. The fourth-order valence-electron chi connectivity index (χ4n) is 4.46. The van der Waals surface area contributed by atoms with Crippen LogP contribution in [0.4, 0.5) is 35.2 Å². The van der Waals surface area contributed by atoms with Crippen LogP contribution < -0.4 is 20.3 Å². The van der Waals surface area contributed by atoms with Crippen molar-refractivity contribution in [2.75, 3.05) is 35.2 Å². The molecule has 0 spiro atoms. The zero-order valence-electron chi connectivity index (χ0n) is 22.5. The van der Waals surface area contributed by atoms with Gasteiger partial charge < -0.3 is 25.2 Å². The van der Waals surface area contributed by atoms with Crippen molar-refractivity contribution in [2.24, 2.45) is 0 Å². The summed E-state index contributed by atoms with van der Waals surface area (Å²) in [7, 11) is 0. The van der Waals surface area contributed by atoms with Crippen LogP contribution in [0.2, 0.25) is 0 Å². The molecule has 3 amide bonds. The van der Waals surface area contributed by atoms with Crippen LogP contribution in [0.15, 0.2) is 54.9 Å². The van der Waals surface area contributed by atoms with Crippen molar-refractivity contribution in [1.82, 2.24) is 14.9 Å². The minimum absolute atomic E-state index is 0.0261. The number of carbonyl (C=O) groups excluding carboxylic acids is 2. The van der Waals surface area contributed by atoms with Crippen LogP contribution >= 0.6 is 0 Å². The van der Waals surface area contributed by atoms with Crippen molar-refractivity contribution in [2.45, 2.75) is 45.8 Å². The summed E-state index contributed by atoms with van der Waals surface area (Å²) in [6.07, 6.45) is -1.72. The number of urea groups is 1. The number of hydrogen-bond acceptors (Lipinski definition) is 6. The van der Waals surface area contributed by atoms with Crippen molar-refractivity contribution in [3.8, 4) is 11.6 Å². The van der Waals surface area contributed by atoms with Gasteiger partial charge in [0.15, 0.2) is 0 Å². The van der Waals surface area contributed by atoms with Crippen molar-refractivity contribution >= 4 is 29.1 Å². The highest BCUT2D eigenvalue weighted by molar-refractivity contribution is 5.99. The Morgan fingerprint density at radius 1 is 1.02 bits per heavy atom. The topological polar surface area (TPSA) is 99.7 Å². The molecule has 2 aromatic carbocycles. The van der Waals surface area contributed by atoms with Gasteiger partial charge in [-0.1, -0.05) is 13.0 Å². The van der Waals surface area contributed by atoms with E-state index in [9.17, 15) is 22.8 Å². The second-order valence-corrected chi connectivity index (χ2v) is 9.58. The zero-order chi connectivity index (χ0) is 28.9. The van der Waals surface area contributed by atoms with Gasteiger partial charge in [0.05, 0.1) is 5.56 Å². The standard InChI is InChI=1S/C28H31F3N6O3/c1-4-5-26(38)36-12-13-37(19(3)16-36)24-15-25(33-17-32-24)40-22-10-8-20(9-11-22)34-27(39)35-21-7-6-18(2)23(14-21)28(29,30)31/h6-11,14-15,17,19H,4-5,12-13,16H2,1-3H3,(H2,34,35,39). The third-order valence-corrected chi connectivity index (χ3v) is 6.50. The van der Waals surface area contributed by atoms with Crippen LogP contribution in [0.5, 0.6) is 11.6 Å². The molecule has 1 aromatic heterocycles. The van der Waals surface area contributed by atoms with Crippen molar-refractivity contribution in [3.63, 3.8) is 0 Å². The Labute approximate surface area is 230 Å². The number of anilines is 3. The minimum atomic E-state index is -4.51. The molecule has 9 nitrogen and oxygen atoms in total. The van der Waals surface area contributed by atoms with Crippen LogP contribution in [-0.4, -0.2) is 52.5 Å². The SMILES string of the molecule is CCCC(=O)N1CCN(c2cc(Oc3ccc(NC(=O)Nc4ccc(C)c(C(F)(F)F)c4)cc3)ncn2)C(C)C1. The molecule has 1 unspecified atom stereocenters. The molecule has 40 heavy (non-hydrogen) atoms. The van der Waals surface area contributed by atoms with E-state index in [4.69, 9.17) is 4.74 Å². The molecule has 4 rings (SSSR count). The average Bonchev–Trinajstić information content (AvgIpc) is 2.90. The number of benzene rings is 2. The first kappa shape index (κ1) is 28.7. The lowest BCUT2D eigenvalue weighted by Crippen LogP contribution is -2.54. The van der Waals surface area contributed by atoms with Gasteiger partial charge in [0.1, 0.15) is 17.9 Å². The van der Waals surface area contributed by atoms with Gasteiger partial charge in [-0.2, -0.15) is 13.2 Å². The molecule has 1 saturated heterocycles. The summed E-state index contributed by atoms with van der Waals surface area (Å²) < 4.78 is 45.3. The smallest absolute Gasteiger partial charge is 0.416 e. The first-order valence-corrected chi connectivity index (χ1v) is 12.9. The number of hydrogen-bond donors (Lipinski definition) is 2. The quantitative estimate of drug-likeness (QED) is 0.366. The molecule has 3 aromatic rings. The van der Waals surface area contributed by atoms with E-state index in [0.29, 0.717) is 49.2 Å². The largest absolute Gasteiger partial charge is 0.439 e. The predicted octanol–water partition coefficient (Wildman–Crippen LogP) is 6.08. The lowest BCUT2D eigenvalue weighted by atomic mass is 10.1. The lowest BCUT2D eigenvalue weighted by molar-refractivity contribution is -0.138. The molecular weight excluding hydrogens is 525 g/mol. The Bertz CT molecular complexity index is 1350. The summed E-state index contributed by atoms with van der Waals surface area (Å²) in [5.74, 6) is 1.66. The summed E-state index contributed by atoms with van der Waals surface area (Å²) in [5, 5.41) is 5.00. The second-order valence-electron chi connectivity index (χ2n) is 9.58. The van der Waals surface area contributed by atoms with Gasteiger partial charge >= 0.3 is 12.2 Å². The predicted molar refractivity (Wildman–Crippen MR) is 146 cm³/mol. The molecule has 1 atom stereocenters. The zero-order valence-corrected chi connectivity index (χ0v) is 22.5. The van der Waals surface area contributed by atoms with Gasteiger partial charge in [-0.15, -0.1) is 0 Å². The van der Waals surface area contributed by atoms with E-state index in [2.05, 4.69) is 25.5 Å². The van der Waals surface area contributed by atoms with Gasteiger partial charge in [0.2, 0.25) is 11.8 Å². The molecule has 2 heterocycles. The Kier molecular flexibility index (Phi) is 8.76. The molecule has 0 radical (unpaired) electrons. The van der Waals surface area contributed by atoms with Gasteiger partial charge in [-0.05, 0) is 62.2 Å². The first-order valence-electron chi connectivity index (χ1n) is 12.9. The molecule has 2 N–H and O–H groups in total. The number of amides is 3. The Balaban J connectivity index is 1.34. The third-order valence-electron chi connectivity index (χ3n) is 6.50. The molecule has 0 aliphatic carbocycles. The second kappa shape index (κ2) is 12.2. The number of aryl methyl sites for hydroxylation is 1. The maximum Gasteiger partial charge on any atom is 0.416 e. The molecular formula is C28H31F3N6O3. The van der Waals surface area contributed by atoms with E-state index in [-0.39, 0.29) is 23.2 Å². The number of piperazine rings is 1. The summed E-state index contributed by atoms with van der Waals surface area (Å²) in [4.78, 5) is 37.2. The van der Waals surface area contributed by atoms with E-state index >= 15 is 0 Å². The Morgan fingerprint density at radius 2 is 1.73 bits per heavy atom. The highest BCUT2D eigenvalue weighted by Gasteiger charge is 2.32. The molecule has 12 heteroatoms. The van der Waals surface area contributed by atoms with E-state index in [0.717, 1.165) is 12.5 Å². The maximum absolute atomic E-state index is 13.1. The number of nitrogens with one attached hydrogen (secondary N) is 2. The summed E-state index contributed by atoms with van der Waals surface area (Å²) in [5.41, 5.74) is -0.293. The van der Waals surface area contributed by atoms with Crippen LogP contribution in [-0.2, 0) is 11.0 Å². The lowest BCUT2D eigenvalue weighted by Gasteiger charge is -2.40. The molecule has 0 bridgehead atoms. The summed E-state index contributed by atoms with van der Waals surface area (Å²) >= 11 is 0. The molecule has 1 aliphatic heterocycles. The fourth-order valence-corrected chi connectivity index (χ4v) is 4.46. The number of alkyl halides is 3. The van der Waals surface area contributed by atoms with E-state index < -0.39 is 17.8 Å². The summed E-state index contributed by atoms with van der Waals surface area (Å²) in [6.45, 7) is 7.29. The van der Waals surface area contributed by atoms with Gasteiger partial charge in [-0.25, -0.2) is 14.8 Å². The van der Waals surface area contributed by atoms with Crippen LogP contribution in [0, 0.1) is 6.92 Å². The number of carbonyl (C=O) groups is 2. The highest BCUT2D eigenvalue weighted by atomic mass is 19.4. The maximum atomic E-state index is 13.1. The molecule has 1 aliphatic rings. The molecule has 212 valence electrons. The minimum Gasteiger partial charge on any atom is -0.439 e. The summed E-state index contributed by atoms with van der Waals surface area (Å²) in [6, 6.07) is 11.2. The monoisotopic (exact) mass is 556 g/mol. The van der Waals surface area contributed by atoms with E-state index in [1.807, 2.05) is 18.7 Å². The van der Waals surface area contributed by atoms with E-state index in [1.165, 1.54) is 25.4 Å². The Hall–Kier alpha value is -4.35. The number of ether oxygens (including phenoxy) is 1. The fraction of sp³-hybridized carbons (Fsp3) is 0.357. The van der Waals surface area contributed by atoms with Gasteiger partial charge in [-0.3, -0.25) is 4.79 Å². The van der Waals surface area contributed by atoms with Crippen molar-refractivity contribution < 1.29 is 27.5 Å². The van der Waals surface area contributed by atoms with Crippen molar-refractivity contribution in [3.05, 3.63) is 66.0 Å². The molecule has 1 fully saturated rings. The van der Waals surface area contributed by atoms with Crippen LogP contribution in [0.25, 0.3) is 0 Å². The third kappa shape index (κ3) is 7.19. The van der Waals surface area contributed by atoms with Gasteiger partial charge in [0.25, 0.3) is 0 Å². The van der Waals surface area contributed by atoms with Crippen molar-refractivity contribution in [1.29, 1.82) is 0 Å². The number of aromatic nitrogens is 2. The highest BCUT2D eigenvalue weighted by Crippen LogP contribution is 2.33. The van der Waals surface area contributed by atoms with E-state index in [1.54, 1.807) is 30.3 Å². The first-order chi connectivity index (χ1) is 19.0. The van der Waals surface area contributed by atoms with Gasteiger partial charge in [0, 0.05) is 49.5 Å². The van der Waals surface area contributed by atoms with Crippen LogP contribution in [0.1, 0.15) is 37.8 Å². The van der Waals surface area contributed by atoms with Crippen LogP contribution in [0.3, 0.4) is 0 Å². The Morgan fingerprint density at radius 3 is 2.40 bits per heavy atom. The number of rotatable bonds is 7. The normalized spacial score (nSPS) is 15.5. The number of halogens is 3.